The Hall–Kier alpha value is -1.46. The van der Waals surface area contributed by atoms with Crippen molar-refractivity contribution in [2.75, 3.05) is 46.9 Å². The van der Waals surface area contributed by atoms with Gasteiger partial charge in [0.1, 0.15) is 5.75 Å². The first-order chi connectivity index (χ1) is 9.60. The molecular formula is C15H24N2O3. The summed E-state index contributed by atoms with van der Waals surface area (Å²) >= 11 is 0. The molecule has 0 atom stereocenters. The van der Waals surface area contributed by atoms with Crippen LogP contribution in [0.25, 0.3) is 0 Å². The molecule has 20 heavy (non-hydrogen) atoms. The van der Waals surface area contributed by atoms with Gasteiger partial charge in [0, 0.05) is 32.2 Å². The molecule has 5 heteroatoms. The molecular weight excluding hydrogens is 256 g/mol. The van der Waals surface area contributed by atoms with Gasteiger partial charge in [-0.2, -0.15) is 0 Å². The van der Waals surface area contributed by atoms with Gasteiger partial charge in [0.25, 0.3) is 0 Å². The van der Waals surface area contributed by atoms with Crippen LogP contribution < -0.4 is 4.74 Å². The van der Waals surface area contributed by atoms with Gasteiger partial charge in [0.2, 0.25) is 0 Å². The summed E-state index contributed by atoms with van der Waals surface area (Å²) in [4.78, 5) is 4.79. The summed E-state index contributed by atoms with van der Waals surface area (Å²) in [6.45, 7) is 5.51. The number of likely N-dealkylation sites (N-methyl/N-ethyl adjacent to an activating group) is 1. The van der Waals surface area contributed by atoms with Gasteiger partial charge in [-0.05, 0) is 38.1 Å². The number of hydrogen-bond donors (Lipinski definition) is 2. The van der Waals surface area contributed by atoms with Crippen LogP contribution in [0, 0.1) is 0 Å². The third-order valence-electron chi connectivity index (χ3n) is 3.90. The summed E-state index contributed by atoms with van der Waals surface area (Å²) < 4.78 is 5.07. The van der Waals surface area contributed by atoms with E-state index in [1.807, 2.05) is 0 Å². The number of methoxy groups -OCH3 is 1. The maximum absolute atomic E-state index is 9.85. The Morgan fingerprint density at radius 3 is 2.45 bits per heavy atom. The Morgan fingerprint density at radius 1 is 1.10 bits per heavy atom. The summed E-state index contributed by atoms with van der Waals surface area (Å²) in [5, 5.41) is 19.4. The number of benzene rings is 1. The molecule has 112 valence electrons. The monoisotopic (exact) mass is 280 g/mol. The second kappa shape index (κ2) is 6.81. The lowest BCUT2D eigenvalue weighted by Crippen LogP contribution is -2.44. The van der Waals surface area contributed by atoms with Crippen LogP contribution in [0.15, 0.2) is 12.1 Å². The van der Waals surface area contributed by atoms with Crippen molar-refractivity contribution in [1.29, 1.82) is 0 Å². The second-order valence-electron chi connectivity index (χ2n) is 5.40. The normalized spacial score (nSPS) is 17.3. The predicted octanol–water partition coefficient (Wildman–Crippen LogP) is 1.29. The van der Waals surface area contributed by atoms with Gasteiger partial charge in [-0.25, -0.2) is 0 Å². The molecule has 0 spiro atoms. The van der Waals surface area contributed by atoms with Crippen molar-refractivity contribution in [3.8, 4) is 17.2 Å². The van der Waals surface area contributed by atoms with E-state index in [4.69, 9.17) is 4.74 Å². The van der Waals surface area contributed by atoms with Crippen molar-refractivity contribution < 1.29 is 14.9 Å². The number of ether oxygens (including phenoxy) is 1. The Bertz CT molecular complexity index is 443. The van der Waals surface area contributed by atoms with Gasteiger partial charge in [0.05, 0.1) is 7.11 Å². The Balaban J connectivity index is 1.85. The van der Waals surface area contributed by atoms with E-state index < -0.39 is 0 Å². The topological polar surface area (TPSA) is 56.2 Å². The van der Waals surface area contributed by atoms with Crippen LogP contribution in [0.4, 0.5) is 0 Å². The summed E-state index contributed by atoms with van der Waals surface area (Å²) in [5.41, 5.74) is 0.828. The van der Waals surface area contributed by atoms with Crippen LogP contribution in [-0.2, 0) is 6.42 Å². The Kier molecular flexibility index (Phi) is 5.09. The predicted molar refractivity (Wildman–Crippen MR) is 78.6 cm³/mol. The summed E-state index contributed by atoms with van der Waals surface area (Å²) in [6.07, 6.45) is 1.78. The molecule has 0 amide bonds. The number of phenols is 2. The van der Waals surface area contributed by atoms with E-state index >= 15 is 0 Å². The summed E-state index contributed by atoms with van der Waals surface area (Å²) in [5.74, 6) is 0.534. The number of nitrogens with zero attached hydrogens (tertiary/aromatic N) is 2. The molecule has 2 rings (SSSR count). The first-order valence-electron chi connectivity index (χ1n) is 7.10. The van der Waals surface area contributed by atoms with Crippen LogP contribution in [0.2, 0.25) is 0 Å². The molecule has 0 aliphatic carbocycles. The lowest BCUT2D eigenvalue weighted by Gasteiger charge is -2.32. The van der Waals surface area contributed by atoms with Gasteiger partial charge < -0.3 is 24.7 Å². The molecule has 1 aromatic carbocycles. The zero-order chi connectivity index (χ0) is 14.5. The molecule has 0 saturated carbocycles. The average Bonchev–Trinajstić information content (AvgIpc) is 2.43. The molecule has 0 radical (unpaired) electrons. The SMILES string of the molecule is COc1cc(CCCN2CCN(C)CC2)c(O)cc1O. The minimum atomic E-state index is -0.0205. The molecule has 2 N–H and O–H groups in total. The first-order valence-corrected chi connectivity index (χ1v) is 7.10. The van der Waals surface area contributed by atoms with E-state index in [1.165, 1.54) is 13.2 Å². The number of hydrogen-bond acceptors (Lipinski definition) is 5. The van der Waals surface area contributed by atoms with Crippen molar-refractivity contribution in [3.63, 3.8) is 0 Å². The molecule has 0 bridgehead atoms. The average molecular weight is 280 g/mol. The third kappa shape index (κ3) is 3.77. The molecule has 1 saturated heterocycles. The van der Waals surface area contributed by atoms with E-state index in [-0.39, 0.29) is 11.5 Å². The van der Waals surface area contributed by atoms with E-state index in [2.05, 4.69) is 16.8 Å². The van der Waals surface area contributed by atoms with Crippen molar-refractivity contribution in [3.05, 3.63) is 17.7 Å². The van der Waals surface area contributed by atoms with E-state index in [1.54, 1.807) is 6.07 Å². The third-order valence-corrected chi connectivity index (χ3v) is 3.90. The highest BCUT2D eigenvalue weighted by molar-refractivity contribution is 5.49. The van der Waals surface area contributed by atoms with Gasteiger partial charge in [-0.15, -0.1) is 0 Å². The van der Waals surface area contributed by atoms with Crippen molar-refractivity contribution >= 4 is 0 Å². The molecule has 1 aliphatic rings. The summed E-state index contributed by atoms with van der Waals surface area (Å²) in [6, 6.07) is 3.07. The van der Waals surface area contributed by atoms with E-state index in [9.17, 15) is 10.2 Å². The maximum atomic E-state index is 9.85. The second-order valence-corrected chi connectivity index (χ2v) is 5.40. The number of piperazine rings is 1. The quantitative estimate of drug-likeness (QED) is 0.851. The zero-order valence-corrected chi connectivity index (χ0v) is 12.3. The van der Waals surface area contributed by atoms with Crippen LogP contribution in [-0.4, -0.2) is 66.9 Å². The fraction of sp³-hybridized carbons (Fsp3) is 0.600. The minimum Gasteiger partial charge on any atom is -0.508 e. The number of rotatable bonds is 5. The first kappa shape index (κ1) is 14.9. The zero-order valence-electron chi connectivity index (χ0n) is 12.3. The highest BCUT2D eigenvalue weighted by Gasteiger charge is 2.14. The van der Waals surface area contributed by atoms with Gasteiger partial charge >= 0.3 is 0 Å². The fourth-order valence-electron chi connectivity index (χ4n) is 2.53. The lowest BCUT2D eigenvalue weighted by molar-refractivity contribution is 0.153. The standard InChI is InChI=1S/C15H24N2O3/c1-16-6-8-17(9-7-16)5-3-4-12-10-15(20-2)14(19)11-13(12)18/h10-11,18-19H,3-9H2,1-2H3. The fourth-order valence-corrected chi connectivity index (χ4v) is 2.53. The van der Waals surface area contributed by atoms with E-state index in [0.29, 0.717) is 5.75 Å². The minimum absolute atomic E-state index is 0.0205. The molecule has 1 heterocycles. The molecule has 0 unspecified atom stereocenters. The maximum Gasteiger partial charge on any atom is 0.161 e. The molecule has 1 fully saturated rings. The molecule has 5 nitrogen and oxygen atoms in total. The van der Waals surface area contributed by atoms with Gasteiger partial charge in [-0.3, -0.25) is 0 Å². The summed E-state index contributed by atoms with van der Waals surface area (Å²) in [7, 11) is 3.66. The number of phenolic OH excluding ortho intramolecular Hbond substituents is 2. The number of aryl methyl sites for hydroxylation is 1. The van der Waals surface area contributed by atoms with Crippen molar-refractivity contribution in [2.24, 2.45) is 0 Å². The molecule has 1 aromatic rings. The van der Waals surface area contributed by atoms with Crippen molar-refractivity contribution in [1.82, 2.24) is 9.80 Å². The van der Waals surface area contributed by atoms with Crippen LogP contribution in [0.5, 0.6) is 17.2 Å². The molecule has 0 aromatic heterocycles. The van der Waals surface area contributed by atoms with Gasteiger partial charge in [0.15, 0.2) is 11.5 Å². The van der Waals surface area contributed by atoms with Gasteiger partial charge in [-0.1, -0.05) is 0 Å². The Morgan fingerprint density at radius 2 is 1.80 bits per heavy atom. The van der Waals surface area contributed by atoms with Crippen LogP contribution in [0.3, 0.4) is 0 Å². The highest BCUT2D eigenvalue weighted by Crippen LogP contribution is 2.33. The smallest absolute Gasteiger partial charge is 0.161 e. The van der Waals surface area contributed by atoms with Crippen LogP contribution >= 0.6 is 0 Å². The largest absolute Gasteiger partial charge is 0.508 e. The van der Waals surface area contributed by atoms with E-state index in [0.717, 1.165) is 51.1 Å². The van der Waals surface area contributed by atoms with Crippen LogP contribution in [0.1, 0.15) is 12.0 Å². The Labute approximate surface area is 120 Å². The molecule has 1 aliphatic heterocycles. The lowest BCUT2D eigenvalue weighted by atomic mass is 10.1. The highest BCUT2D eigenvalue weighted by atomic mass is 16.5. The van der Waals surface area contributed by atoms with Crippen molar-refractivity contribution in [2.45, 2.75) is 12.8 Å². The number of aromatic hydroxyl groups is 2.